The Labute approximate surface area is 108 Å². The third-order valence-corrected chi connectivity index (χ3v) is 3.99. The normalized spacial score (nSPS) is 18.8. The molecule has 94 valence electrons. The van der Waals surface area contributed by atoms with Gasteiger partial charge in [-0.1, -0.05) is 6.07 Å². The van der Waals surface area contributed by atoms with Crippen LogP contribution in [-0.2, 0) is 12.8 Å². The maximum atomic E-state index is 5.29. The molecule has 17 heavy (non-hydrogen) atoms. The van der Waals surface area contributed by atoms with Gasteiger partial charge in [0.15, 0.2) is 0 Å². The van der Waals surface area contributed by atoms with Gasteiger partial charge in [-0.2, -0.15) is 11.8 Å². The summed E-state index contributed by atoms with van der Waals surface area (Å²) >= 11 is 1.90. The zero-order valence-corrected chi connectivity index (χ0v) is 11.5. The standard InChI is InChI=1S/C14H21NOS/c1-16-14-6-4-11-3-5-13(9-12(11)10-14)15-7-8-17-2/h4,6,10,13,15H,3,5,7-9H2,1-2H3. The van der Waals surface area contributed by atoms with E-state index in [4.69, 9.17) is 4.74 Å². The lowest BCUT2D eigenvalue weighted by Crippen LogP contribution is -2.35. The number of hydrogen-bond acceptors (Lipinski definition) is 3. The molecule has 1 aromatic rings. The third kappa shape index (κ3) is 3.39. The molecule has 3 heteroatoms. The van der Waals surface area contributed by atoms with Crippen LogP contribution in [0.1, 0.15) is 17.5 Å². The second-order valence-corrected chi connectivity index (χ2v) is 5.51. The van der Waals surface area contributed by atoms with Crippen molar-refractivity contribution in [1.82, 2.24) is 5.32 Å². The minimum atomic E-state index is 0.641. The fourth-order valence-corrected chi connectivity index (χ4v) is 2.72. The summed E-state index contributed by atoms with van der Waals surface area (Å²) in [5, 5.41) is 3.64. The van der Waals surface area contributed by atoms with E-state index in [1.165, 1.54) is 29.7 Å². The number of nitrogens with one attached hydrogen (secondary N) is 1. The van der Waals surface area contributed by atoms with Crippen molar-refractivity contribution in [3.63, 3.8) is 0 Å². The third-order valence-electron chi connectivity index (χ3n) is 3.38. The molecule has 1 aliphatic carbocycles. The van der Waals surface area contributed by atoms with Crippen molar-refractivity contribution in [3.8, 4) is 5.75 Å². The summed E-state index contributed by atoms with van der Waals surface area (Å²) in [5.41, 5.74) is 2.95. The van der Waals surface area contributed by atoms with Gasteiger partial charge in [0.2, 0.25) is 0 Å². The van der Waals surface area contributed by atoms with E-state index >= 15 is 0 Å². The van der Waals surface area contributed by atoms with Crippen LogP contribution >= 0.6 is 11.8 Å². The number of ether oxygens (including phenoxy) is 1. The van der Waals surface area contributed by atoms with Crippen molar-refractivity contribution in [2.45, 2.75) is 25.3 Å². The Bertz CT molecular complexity index is 367. The fraction of sp³-hybridized carbons (Fsp3) is 0.571. The van der Waals surface area contributed by atoms with Gasteiger partial charge in [-0.3, -0.25) is 0 Å². The van der Waals surface area contributed by atoms with Crippen LogP contribution in [0.15, 0.2) is 18.2 Å². The zero-order valence-electron chi connectivity index (χ0n) is 10.7. The molecule has 0 saturated carbocycles. The van der Waals surface area contributed by atoms with E-state index in [9.17, 15) is 0 Å². The van der Waals surface area contributed by atoms with Crippen LogP contribution in [-0.4, -0.2) is 31.7 Å². The Hall–Kier alpha value is -0.670. The van der Waals surface area contributed by atoms with Crippen molar-refractivity contribution in [1.29, 1.82) is 0 Å². The quantitative estimate of drug-likeness (QED) is 0.813. The molecular weight excluding hydrogens is 230 g/mol. The largest absolute Gasteiger partial charge is 0.497 e. The minimum Gasteiger partial charge on any atom is -0.497 e. The van der Waals surface area contributed by atoms with Gasteiger partial charge in [-0.15, -0.1) is 0 Å². The summed E-state index contributed by atoms with van der Waals surface area (Å²) in [6.45, 7) is 1.12. The molecule has 0 aliphatic heterocycles. The highest BCUT2D eigenvalue weighted by atomic mass is 32.2. The van der Waals surface area contributed by atoms with E-state index in [1.54, 1.807) is 7.11 Å². The van der Waals surface area contributed by atoms with Gasteiger partial charge < -0.3 is 10.1 Å². The number of rotatable bonds is 5. The molecular formula is C14H21NOS. The predicted octanol–water partition coefficient (Wildman–Crippen LogP) is 2.51. The maximum absolute atomic E-state index is 5.29. The van der Waals surface area contributed by atoms with E-state index in [0.29, 0.717) is 6.04 Å². The molecule has 0 spiro atoms. The second kappa shape index (κ2) is 6.31. The fourth-order valence-electron chi connectivity index (χ4n) is 2.40. The summed E-state index contributed by atoms with van der Waals surface area (Å²) in [6.07, 6.45) is 5.74. The van der Waals surface area contributed by atoms with Crippen molar-refractivity contribution >= 4 is 11.8 Å². The van der Waals surface area contributed by atoms with Crippen molar-refractivity contribution < 1.29 is 4.74 Å². The van der Waals surface area contributed by atoms with Crippen LogP contribution in [0.4, 0.5) is 0 Å². The van der Waals surface area contributed by atoms with E-state index < -0.39 is 0 Å². The number of benzene rings is 1. The van der Waals surface area contributed by atoms with Crippen LogP contribution in [0.3, 0.4) is 0 Å². The Morgan fingerprint density at radius 1 is 1.41 bits per heavy atom. The molecule has 1 N–H and O–H groups in total. The molecule has 0 fully saturated rings. The van der Waals surface area contributed by atoms with Gasteiger partial charge in [0.05, 0.1) is 7.11 Å². The Morgan fingerprint density at radius 3 is 3.06 bits per heavy atom. The molecule has 1 unspecified atom stereocenters. The van der Waals surface area contributed by atoms with E-state index in [2.05, 4.69) is 29.8 Å². The van der Waals surface area contributed by atoms with E-state index in [-0.39, 0.29) is 0 Å². The van der Waals surface area contributed by atoms with Gasteiger partial charge in [0.25, 0.3) is 0 Å². The number of hydrogen-bond donors (Lipinski definition) is 1. The molecule has 2 nitrogen and oxygen atoms in total. The first kappa shape index (κ1) is 12.8. The molecule has 0 bridgehead atoms. The zero-order chi connectivity index (χ0) is 12.1. The average molecular weight is 251 g/mol. The predicted molar refractivity (Wildman–Crippen MR) is 75.2 cm³/mol. The average Bonchev–Trinajstić information content (AvgIpc) is 2.38. The van der Waals surface area contributed by atoms with Crippen LogP contribution in [0, 0.1) is 0 Å². The lowest BCUT2D eigenvalue weighted by atomic mass is 9.88. The maximum Gasteiger partial charge on any atom is 0.119 e. The van der Waals surface area contributed by atoms with Gasteiger partial charge >= 0.3 is 0 Å². The summed E-state index contributed by atoms with van der Waals surface area (Å²) < 4.78 is 5.29. The molecule has 0 radical (unpaired) electrons. The Morgan fingerprint density at radius 2 is 2.29 bits per heavy atom. The van der Waals surface area contributed by atoms with Crippen molar-refractivity contribution in [3.05, 3.63) is 29.3 Å². The second-order valence-electron chi connectivity index (χ2n) is 4.52. The van der Waals surface area contributed by atoms with Crippen LogP contribution in [0.25, 0.3) is 0 Å². The Kier molecular flexibility index (Phi) is 4.75. The summed E-state index contributed by atoms with van der Waals surface area (Å²) in [6, 6.07) is 7.12. The first-order valence-corrected chi connectivity index (χ1v) is 7.61. The smallest absolute Gasteiger partial charge is 0.119 e. The van der Waals surface area contributed by atoms with E-state index in [0.717, 1.165) is 18.7 Å². The highest BCUT2D eigenvalue weighted by molar-refractivity contribution is 7.98. The van der Waals surface area contributed by atoms with Gasteiger partial charge in [-0.25, -0.2) is 0 Å². The topological polar surface area (TPSA) is 21.3 Å². The summed E-state index contributed by atoms with van der Waals surface area (Å²) in [5.74, 6) is 2.18. The monoisotopic (exact) mass is 251 g/mol. The highest BCUT2D eigenvalue weighted by Gasteiger charge is 2.18. The van der Waals surface area contributed by atoms with E-state index in [1.807, 2.05) is 11.8 Å². The van der Waals surface area contributed by atoms with Crippen LogP contribution in [0.2, 0.25) is 0 Å². The molecule has 0 heterocycles. The number of aryl methyl sites for hydroxylation is 1. The van der Waals surface area contributed by atoms with Crippen LogP contribution < -0.4 is 10.1 Å². The van der Waals surface area contributed by atoms with Gasteiger partial charge in [0.1, 0.15) is 5.75 Å². The van der Waals surface area contributed by atoms with Gasteiger partial charge in [0, 0.05) is 18.3 Å². The van der Waals surface area contributed by atoms with Crippen molar-refractivity contribution in [2.75, 3.05) is 25.7 Å². The van der Waals surface area contributed by atoms with Gasteiger partial charge in [-0.05, 0) is 48.8 Å². The first-order chi connectivity index (χ1) is 8.33. The molecule has 1 aliphatic rings. The highest BCUT2D eigenvalue weighted by Crippen LogP contribution is 2.25. The number of thioether (sulfide) groups is 1. The molecule has 1 aromatic carbocycles. The molecule has 0 saturated heterocycles. The Balaban J connectivity index is 1.96. The molecule has 0 amide bonds. The number of fused-ring (bicyclic) bond motifs is 1. The SMILES string of the molecule is COc1ccc2c(c1)CC(NCCSC)CC2. The molecule has 1 atom stereocenters. The summed E-state index contributed by atoms with van der Waals surface area (Å²) in [4.78, 5) is 0. The summed E-state index contributed by atoms with van der Waals surface area (Å²) in [7, 11) is 1.73. The molecule has 0 aromatic heterocycles. The number of methoxy groups -OCH3 is 1. The first-order valence-electron chi connectivity index (χ1n) is 6.21. The van der Waals surface area contributed by atoms with Crippen molar-refractivity contribution in [2.24, 2.45) is 0 Å². The molecule has 2 rings (SSSR count). The lowest BCUT2D eigenvalue weighted by molar-refractivity contribution is 0.411. The van der Waals surface area contributed by atoms with Crippen LogP contribution in [0.5, 0.6) is 5.75 Å². The lowest BCUT2D eigenvalue weighted by Gasteiger charge is -2.26. The minimum absolute atomic E-state index is 0.641.